The fraction of sp³-hybridized carbons (Fsp3) is 0.478. The highest BCUT2D eigenvalue weighted by atomic mass is 16.2. The number of fused-ring (bicyclic) bond motifs is 1. The lowest BCUT2D eigenvalue weighted by atomic mass is 10.0. The summed E-state index contributed by atoms with van der Waals surface area (Å²) in [5, 5.41) is 2.18. The summed E-state index contributed by atoms with van der Waals surface area (Å²) < 4.78 is 0. The van der Waals surface area contributed by atoms with Crippen LogP contribution in [0.5, 0.6) is 0 Å². The molecule has 28 heavy (non-hydrogen) atoms. The highest BCUT2D eigenvalue weighted by Gasteiger charge is 2.38. The minimum atomic E-state index is -0.249. The van der Waals surface area contributed by atoms with E-state index in [1.807, 2.05) is 42.3 Å². The zero-order valence-corrected chi connectivity index (χ0v) is 16.8. The Morgan fingerprint density at radius 1 is 1.11 bits per heavy atom. The van der Waals surface area contributed by atoms with Gasteiger partial charge in [0, 0.05) is 44.5 Å². The van der Waals surface area contributed by atoms with Crippen LogP contribution in [0.1, 0.15) is 26.2 Å². The Morgan fingerprint density at radius 3 is 2.57 bits per heavy atom. The zero-order valence-electron chi connectivity index (χ0n) is 16.8. The number of carbonyl (C=O) groups excluding carboxylic acids is 2. The van der Waals surface area contributed by atoms with Crippen molar-refractivity contribution in [2.75, 3.05) is 38.1 Å². The lowest BCUT2D eigenvalue weighted by Crippen LogP contribution is -2.47. The molecule has 0 aromatic heterocycles. The van der Waals surface area contributed by atoms with Crippen LogP contribution in [0.4, 0.5) is 5.69 Å². The van der Waals surface area contributed by atoms with Gasteiger partial charge in [-0.2, -0.15) is 0 Å². The van der Waals surface area contributed by atoms with E-state index in [0.29, 0.717) is 13.0 Å². The number of nitrogens with zero attached hydrogens (tertiary/aromatic N) is 3. The fourth-order valence-corrected chi connectivity index (χ4v) is 4.64. The van der Waals surface area contributed by atoms with Gasteiger partial charge in [-0.05, 0) is 30.8 Å². The van der Waals surface area contributed by atoms with Gasteiger partial charge in [0.05, 0.1) is 11.6 Å². The summed E-state index contributed by atoms with van der Waals surface area (Å²) in [6, 6.07) is 14.4. The first kappa shape index (κ1) is 18.9. The number of anilines is 1. The molecule has 0 aliphatic carbocycles. The van der Waals surface area contributed by atoms with Crippen molar-refractivity contribution in [3.8, 4) is 0 Å². The van der Waals surface area contributed by atoms with E-state index in [9.17, 15) is 9.59 Å². The molecule has 2 fully saturated rings. The monoisotopic (exact) mass is 379 g/mol. The van der Waals surface area contributed by atoms with Gasteiger partial charge >= 0.3 is 0 Å². The molecule has 1 unspecified atom stereocenters. The quantitative estimate of drug-likeness (QED) is 0.820. The first-order valence-electron chi connectivity index (χ1n) is 10.4. The van der Waals surface area contributed by atoms with Crippen molar-refractivity contribution >= 4 is 28.3 Å². The molecular formula is C23H29N3O2. The molecule has 0 spiro atoms. The highest BCUT2D eigenvalue weighted by molar-refractivity contribution is 6.07. The number of hydrogen-bond acceptors (Lipinski definition) is 3. The summed E-state index contributed by atoms with van der Waals surface area (Å²) in [7, 11) is 1.92. The van der Waals surface area contributed by atoms with E-state index in [-0.39, 0.29) is 23.8 Å². The largest absolute Gasteiger partial charge is 0.342 e. The van der Waals surface area contributed by atoms with Crippen molar-refractivity contribution in [3.63, 3.8) is 0 Å². The second kappa shape index (κ2) is 7.92. The first-order chi connectivity index (χ1) is 13.6. The highest BCUT2D eigenvalue weighted by Crippen LogP contribution is 2.32. The Labute approximate surface area is 166 Å². The van der Waals surface area contributed by atoms with Gasteiger partial charge in [0.2, 0.25) is 11.8 Å². The number of rotatable bonds is 4. The van der Waals surface area contributed by atoms with E-state index < -0.39 is 0 Å². The lowest BCUT2D eigenvalue weighted by Gasteiger charge is -2.37. The number of benzene rings is 2. The summed E-state index contributed by atoms with van der Waals surface area (Å²) in [5.41, 5.74) is 0.914. The van der Waals surface area contributed by atoms with Gasteiger partial charge in [-0.15, -0.1) is 0 Å². The summed E-state index contributed by atoms with van der Waals surface area (Å²) in [4.78, 5) is 32.0. The summed E-state index contributed by atoms with van der Waals surface area (Å²) in [6.07, 6.45) is 2.34. The molecule has 148 valence electrons. The molecule has 5 heteroatoms. The zero-order chi connectivity index (χ0) is 19.7. The molecule has 5 nitrogen and oxygen atoms in total. The maximum absolute atomic E-state index is 13.1. The molecule has 2 amide bonds. The molecular weight excluding hydrogens is 350 g/mol. The van der Waals surface area contributed by atoms with E-state index in [2.05, 4.69) is 24.0 Å². The molecule has 0 bridgehead atoms. The number of hydrogen-bond donors (Lipinski definition) is 0. The standard InChI is InChI=1S/C23H29N3O2/c1-3-25-13-11-19(12-14-25)24(2)23(28)18-15-22(27)26(16-18)21-10-6-8-17-7-4-5-9-20(17)21/h4-10,18-19H,3,11-16H2,1-2H3. The third-order valence-corrected chi connectivity index (χ3v) is 6.43. The number of amides is 2. The van der Waals surface area contributed by atoms with Gasteiger partial charge < -0.3 is 14.7 Å². The van der Waals surface area contributed by atoms with Crippen LogP contribution in [0, 0.1) is 5.92 Å². The molecule has 4 rings (SSSR count). The topological polar surface area (TPSA) is 43.9 Å². The van der Waals surface area contributed by atoms with E-state index in [1.54, 1.807) is 4.90 Å². The number of carbonyl (C=O) groups is 2. The van der Waals surface area contributed by atoms with Gasteiger partial charge in [-0.1, -0.05) is 43.3 Å². The second-order valence-electron chi connectivity index (χ2n) is 8.02. The smallest absolute Gasteiger partial charge is 0.228 e. The van der Waals surface area contributed by atoms with Crippen molar-refractivity contribution in [1.29, 1.82) is 0 Å². The third kappa shape index (κ3) is 3.51. The number of piperidine rings is 1. The van der Waals surface area contributed by atoms with Crippen LogP contribution < -0.4 is 4.90 Å². The minimum absolute atomic E-state index is 0.0453. The average molecular weight is 380 g/mol. The maximum atomic E-state index is 13.1. The Morgan fingerprint density at radius 2 is 1.82 bits per heavy atom. The van der Waals surface area contributed by atoms with Crippen LogP contribution in [0.3, 0.4) is 0 Å². The Kier molecular flexibility index (Phi) is 5.36. The van der Waals surface area contributed by atoms with Crippen LogP contribution in [0.25, 0.3) is 10.8 Å². The molecule has 0 saturated carbocycles. The molecule has 0 N–H and O–H groups in total. The molecule has 1 atom stereocenters. The Bertz CT molecular complexity index is 868. The second-order valence-corrected chi connectivity index (χ2v) is 8.02. The molecule has 2 heterocycles. The van der Waals surface area contributed by atoms with Crippen molar-refractivity contribution in [3.05, 3.63) is 42.5 Å². The van der Waals surface area contributed by atoms with Crippen molar-refractivity contribution in [2.24, 2.45) is 5.92 Å². The van der Waals surface area contributed by atoms with E-state index >= 15 is 0 Å². The van der Waals surface area contributed by atoms with Crippen LogP contribution in [-0.4, -0.2) is 60.9 Å². The lowest BCUT2D eigenvalue weighted by molar-refractivity contribution is -0.137. The predicted molar refractivity (Wildman–Crippen MR) is 112 cm³/mol. The SMILES string of the molecule is CCN1CCC(N(C)C(=O)C2CC(=O)N(c3cccc4ccccc34)C2)CC1. The maximum Gasteiger partial charge on any atom is 0.228 e. The van der Waals surface area contributed by atoms with Crippen LogP contribution in [0.2, 0.25) is 0 Å². The van der Waals surface area contributed by atoms with Crippen molar-refractivity contribution in [1.82, 2.24) is 9.80 Å². The predicted octanol–water partition coefficient (Wildman–Crippen LogP) is 3.14. The van der Waals surface area contributed by atoms with Crippen LogP contribution >= 0.6 is 0 Å². The van der Waals surface area contributed by atoms with Crippen LogP contribution in [0.15, 0.2) is 42.5 Å². The summed E-state index contributed by atoms with van der Waals surface area (Å²) >= 11 is 0. The molecule has 2 aliphatic heterocycles. The van der Waals surface area contributed by atoms with E-state index in [4.69, 9.17) is 0 Å². The van der Waals surface area contributed by atoms with Gasteiger partial charge in [-0.3, -0.25) is 9.59 Å². The van der Waals surface area contributed by atoms with Crippen molar-refractivity contribution < 1.29 is 9.59 Å². The molecule has 2 saturated heterocycles. The van der Waals surface area contributed by atoms with E-state index in [1.165, 1.54) is 0 Å². The van der Waals surface area contributed by atoms with Gasteiger partial charge in [0.25, 0.3) is 0 Å². The van der Waals surface area contributed by atoms with E-state index in [0.717, 1.165) is 48.9 Å². The molecule has 2 aromatic rings. The molecule has 0 radical (unpaired) electrons. The fourth-order valence-electron chi connectivity index (χ4n) is 4.64. The third-order valence-electron chi connectivity index (χ3n) is 6.43. The minimum Gasteiger partial charge on any atom is -0.342 e. The summed E-state index contributed by atoms with van der Waals surface area (Å²) in [5.74, 6) is -0.0874. The molecule has 2 aromatic carbocycles. The van der Waals surface area contributed by atoms with Gasteiger partial charge in [0.15, 0.2) is 0 Å². The van der Waals surface area contributed by atoms with Crippen LogP contribution in [-0.2, 0) is 9.59 Å². The first-order valence-corrected chi connectivity index (χ1v) is 10.4. The Hall–Kier alpha value is -2.40. The van der Waals surface area contributed by atoms with Gasteiger partial charge in [-0.25, -0.2) is 0 Å². The average Bonchev–Trinajstić information content (AvgIpc) is 3.13. The van der Waals surface area contributed by atoms with Gasteiger partial charge in [0.1, 0.15) is 0 Å². The Balaban J connectivity index is 1.48. The van der Waals surface area contributed by atoms with Crippen molar-refractivity contribution in [2.45, 2.75) is 32.2 Å². The normalized spacial score (nSPS) is 21.4. The summed E-state index contributed by atoms with van der Waals surface area (Å²) in [6.45, 7) is 5.82. The molecule has 2 aliphatic rings. The number of likely N-dealkylation sites (tertiary alicyclic amines) is 1.